The van der Waals surface area contributed by atoms with E-state index in [9.17, 15) is 9.59 Å². The third-order valence-corrected chi connectivity index (χ3v) is 5.81. The molecular weight excluding hydrogens is 340 g/mol. The number of amides is 2. The van der Waals surface area contributed by atoms with Gasteiger partial charge in [-0.05, 0) is 25.7 Å². The molecular formula is C17H26N4O3S. The van der Waals surface area contributed by atoms with E-state index >= 15 is 0 Å². The molecule has 8 heteroatoms. The summed E-state index contributed by atoms with van der Waals surface area (Å²) in [6.45, 7) is 2.41. The lowest BCUT2D eigenvalue weighted by Crippen LogP contribution is -2.46. The van der Waals surface area contributed by atoms with Crippen LogP contribution in [0.25, 0.3) is 0 Å². The van der Waals surface area contributed by atoms with Crippen molar-refractivity contribution in [2.45, 2.75) is 38.3 Å². The number of carbonyl (C=O) groups is 2. The highest BCUT2D eigenvalue weighted by molar-refractivity contribution is 7.13. The quantitative estimate of drug-likeness (QED) is 0.849. The maximum Gasteiger partial charge on any atom is 0.251 e. The van der Waals surface area contributed by atoms with Gasteiger partial charge < -0.3 is 19.9 Å². The third kappa shape index (κ3) is 4.49. The predicted octanol–water partition coefficient (Wildman–Crippen LogP) is 1.24. The Morgan fingerprint density at radius 3 is 2.72 bits per heavy atom. The van der Waals surface area contributed by atoms with E-state index in [1.165, 1.54) is 0 Å². The highest BCUT2D eigenvalue weighted by Gasteiger charge is 2.32. The van der Waals surface area contributed by atoms with Crippen molar-refractivity contribution in [3.63, 3.8) is 0 Å². The van der Waals surface area contributed by atoms with Crippen LogP contribution < -0.4 is 10.2 Å². The minimum Gasteiger partial charge on any atom is -0.368 e. The van der Waals surface area contributed by atoms with Gasteiger partial charge in [0, 0.05) is 45.1 Å². The van der Waals surface area contributed by atoms with Crippen molar-refractivity contribution < 1.29 is 14.3 Å². The first-order valence-electron chi connectivity index (χ1n) is 8.84. The van der Waals surface area contributed by atoms with Gasteiger partial charge in [-0.15, -0.1) is 11.3 Å². The van der Waals surface area contributed by atoms with Gasteiger partial charge in [-0.3, -0.25) is 9.59 Å². The maximum atomic E-state index is 12.4. The maximum absolute atomic E-state index is 12.4. The van der Waals surface area contributed by atoms with E-state index in [-0.39, 0.29) is 23.8 Å². The molecule has 2 saturated heterocycles. The van der Waals surface area contributed by atoms with Crippen molar-refractivity contribution in [3.8, 4) is 0 Å². The van der Waals surface area contributed by atoms with E-state index < -0.39 is 0 Å². The van der Waals surface area contributed by atoms with Crippen molar-refractivity contribution in [2.75, 3.05) is 38.7 Å². The van der Waals surface area contributed by atoms with E-state index in [1.54, 1.807) is 11.3 Å². The molecule has 0 radical (unpaired) electrons. The van der Waals surface area contributed by atoms with Gasteiger partial charge in [0.05, 0.1) is 12.2 Å². The van der Waals surface area contributed by atoms with Crippen molar-refractivity contribution in [2.24, 2.45) is 5.92 Å². The summed E-state index contributed by atoms with van der Waals surface area (Å²) in [5, 5.41) is 5.88. The number of hydrogen-bond acceptors (Lipinski definition) is 6. The number of piperidine rings is 1. The van der Waals surface area contributed by atoms with E-state index in [2.05, 4.69) is 10.3 Å². The second-order valence-corrected chi connectivity index (χ2v) is 7.67. The second-order valence-electron chi connectivity index (χ2n) is 6.83. The number of ether oxygens (including phenoxy) is 1. The molecule has 7 nitrogen and oxygen atoms in total. The Hall–Kier alpha value is -1.67. The fourth-order valence-electron chi connectivity index (χ4n) is 3.24. The first-order valence-corrected chi connectivity index (χ1v) is 9.72. The van der Waals surface area contributed by atoms with Gasteiger partial charge in [0.15, 0.2) is 5.13 Å². The number of thiazole rings is 1. The number of nitrogens with one attached hydrogen (secondary N) is 1. The zero-order valence-electron chi connectivity index (χ0n) is 14.9. The number of rotatable bonds is 5. The second kappa shape index (κ2) is 8.14. The lowest BCUT2D eigenvalue weighted by atomic mass is 9.95. The normalized spacial score (nSPS) is 21.4. The minimum atomic E-state index is -0.263. The Morgan fingerprint density at radius 1 is 1.36 bits per heavy atom. The highest BCUT2D eigenvalue weighted by Crippen LogP contribution is 2.22. The van der Waals surface area contributed by atoms with Gasteiger partial charge in [-0.2, -0.15) is 0 Å². The summed E-state index contributed by atoms with van der Waals surface area (Å²) in [6, 6.07) is 0. The molecule has 2 amide bonds. The van der Waals surface area contributed by atoms with Crippen LogP contribution in [-0.2, 0) is 20.9 Å². The molecule has 1 atom stereocenters. The number of nitrogens with zero attached hydrogens (tertiary/aromatic N) is 3. The Bertz CT molecular complexity index is 605. The number of carbonyl (C=O) groups excluding carboxylic acids is 2. The number of aromatic nitrogens is 1. The summed E-state index contributed by atoms with van der Waals surface area (Å²) in [4.78, 5) is 33.0. The zero-order chi connectivity index (χ0) is 17.8. The van der Waals surface area contributed by atoms with Crippen LogP contribution in [0.2, 0.25) is 0 Å². The average molecular weight is 366 g/mol. The van der Waals surface area contributed by atoms with Crippen molar-refractivity contribution in [3.05, 3.63) is 11.1 Å². The van der Waals surface area contributed by atoms with Crippen LogP contribution in [0, 0.1) is 5.92 Å². The molecule has 0 bridgehead atoms. The van der Waals surface area contributed by atoms with Crippen molar-refractivity contribution in [1.29, 1.82) is 0 Å². The van der Waals surface area contributed by atoms with Gasteiger partial charge >= 0.3 is 0 Å². The fourth-order valence-corrected chi connectivity index (χ4v) is 4.00. The molecule has 0 aliphatic carbocycles. The van der Waals surface area contributed by atoms with Gasteiger partial charge in [0.2, 0.25) is 5.91 Å². The molecule has 3 heterocycles. The number of hydrogen-bond donors (Lipinski definition) is 1. The van der Waals surface area contributed by atoms with Crippen LogP contribution >= 0.6 is 11.3 Å². The Balaban J connectivity index is 1.42. The van der Waals surface area contributed by atoms with Crippen molar-refractivity contribution in [1.82, 2.24) is 15.2 Å². The summed E-state index contributed by atoms with van der Waals surface area (Å²) in [6.07, 6.45) is 2.94. The Labute approximate surface area is 152 Å². The minimum absolute atomic E-state index is 0.0273. The molecule has 1 aromatic rings. The lowest BCUT2D eigenvalue weighted by molar-refractivity contribution is -0.143. The lowest BCUT2D eigenvalue weighted by Gasteiger charge is -2.32. The molecule has 0 aromatic carbocycles. The van der Waals surface area contributed by atoms with Gasteiger partial charge in [0.1, 0.15) is 6.10 Å². The van der Waals surface area contributed by atoms with Crippen LogP contribution in [0.4, 0.5) is 5.13 Å². The average Bonchev–Trinajstić information content (AvgIpc) is 3.31. The molecule has 2 fully saturated rings. The van der Waals surface area contributed by atoms with Crippen molar-refractivity contribution >= 4 is 28.3 Å². The third-order valence-electron chi connectivity index (χ3n) is 4.75. The van der Waals surface area contributed by atoms with Crippen LogP contribution in [-0.4, -0.2) is 61.6 Å². The molecule has 138 valence electrons. The largest absolute Gasteiger partial charge is 0.368 e. The van der Waals surface area contributed by atoms with Gasteiger partial charge in [-0.1, -0.05) is 0 Å². The van der Waals surface area contributed by atoms with Crippen LogP contribution in [0.5, 0.6) is 0 Å². The van der Waals surface area contributed by atoms with Gasteiger partial charge in [-0.25, -0.2) is 4.98 Å². The SMILES string of the molecule is CN(C)c1nc(CNC(=O)C2CCN(C(=O)C3CCCO3)CC2)cs1. The molecule has 25 heavy (non-hydrogen) atoms. The summed E-state index contributed by atoms with van der Waals surface area (Å²) >= 11 is 1.57. The monoisotopic (exact) mass is 366 g/mol. The molecule has 2 aliphatic rings. The molecule has 1 N–H and O–H groups in total. The van der Waals surface area contributed by atoms with E-state index in [0.29, 0.717) is 39.1 Å². The summed E-state index contributed by atoms with van der Waals surface area (Å²) < 4.78 is 5.47. The molecule has 0 saturated carbocycles. The standard InChI is InChI=1S/C17H26N4O3S/c1-20(2)17-19-13(11-25-17)10-18-15(22)12-5-7-21(8-6-12)16(23)14-4-3-9-24-14/h11-12,14H,3-10H2,1-2H3,(H,18,22). The topological polar surface area (TPSA) is 74.8 Å². The molecule has 3 rings (SSSR count). The number of anilines is 1. The van der Waals surface area contributed by atoms with E-state index in [1.807, 2.05) is 29.3 Å². The Kier molecular flexibility index (Phi) is 5.90. The summed E-state index contributed by atoms with van der Waals surface area (Å²) in [5.74, 6) is 0.124. The summed E-state index contributed by atoms with van der Waals surface area (Å²) in [5.41, 5.74) is 0.882. The Morgan fingerprint density at radius 2 is 2.12 bits per heavy atom. The number of likely N-dealkylation sites (tertiary alicyclic amines) is 1. The van der Waals surface area contributed by atoms with E-state index in [4.69, 9.17) is 4.74 Å². The smallest absolute Gasteiger partial charge is 0.251 e. The molecule has 2 aliphatic heterocycles. The van der Waals surface area contributed by atoms with E-state index in [0.717, 1.165) is 23.7 Å². The molecule has 1 unspecified atom stereocenters. The van der Waals surface area contributed by atoms with Crippen LogP contribution in [0.1, 0.15) is 31.4 Å². The highest BCUT2D eigenvalue weighted by atomic mass is 32.1. The molecule has 1 aromatic heterocycles. The first-order chi connectivity index (χ1) is 12.0. The first kappa shape index (κ1) is 18.1. The zero-order valence-corrected chi connectivity index (χ0v) is 15.7. The summed E-state index contributed by atoms with van der Waals surface area (Å²) in [7, 11) is 3.90. The van der Waals surface area contributed by atoms with Crippen LogP contribution in [0.3, 0.4) is 0 Å². The predicted molar refractivity (Wildman–Crippen MR) is 96.6 cm³/mol. The fraction of sp³-hybridized carbons (Fsp3) is 0.706. The van der Waals surface area contributed by atoms with Gasteiger partial charge in [0.25, 0.3) is 5.91 Å². The van der Waals surface area contributed by atoms with Crippen LogP contribution in [0.15, 0.2) is 5.38 Å². The molecule has 0 spiro atoms.